The molecule has 0 atom stereocenters. The van der Waals surface area contributed by atoms with Crippen molar-refractivity contribution in [3.05, 3.63) is 93.4 Å². The molecule has 1 heterocycles. The monoisotopic (exact) mass is 404 g/mol. The van der Waals surface area contributed by atoms with Crippen LogP contribution in [0.25, 0.3) is 33.3 Å². The molecule has 4 aromatic rings. The van der Waals surface area contributed by atoms with Crippen molar-refractivity contribution in [1.29, 1.82) is 0 Å². The number of nitro groups is 1. The van der Waals surface area contributed by atoms with E-state index in [0.717, 1.165) is 32.1 Å². The van der Waals surface area contributed by atoms with Gasteiger partial charge in [-0.2, -0.15) is 0 Å². The summed E-state index contributed by atoms with van der Waals surface area (Å²) in [4.78, 5) is 15.4. The largest absolute Gasteiger partial charge is 0.270 e. The van der Waals surface area contributed by atoms with Gasteiger partial charge in [0.2, 0.25) is 0 Å². The van der Waals surface area contributed by atoms with Gasteiger partial charge in [0.15, 0.2) is 0 Å². The summed E-state index contributed by atoms with van der Waals surface area (Å²) >= 11 is 3.53. The van der Waals surface area contributed by atoms with Gasteiger partial charge < -0.3 is 0 Å². The standard InChI is InChI=1S/C21H13BrN2O2/c22-16-9-10-20-19(12-16)18(14-5-2-1-3-6-14)13-21(23-20)15-7-4-8-17(11-15)24(25)26/h1-13H. The van der Waals surface area contributed by atoms with Gasteiger partial charge in [0, 0.05) is 27.6 Å². The van der Waals surface area contributed by atoms with Crippen molar-refractivity contribution >= 4 is 32.5 Å². The maximum atomic E-state index is 11.1. The second-order valence-electron chi connectivity index (χ2n) is 5.89. The van der Waals surface area contributed by atoms with Crippen LogP contribution >= 0.6 is 15.9 Å². The van der Waals surface area contributed by atoms with Gasteiger partial charge >= 0.3 is 0 Å². The lowest BCUT2D eigenvalue weighted by Gasteiger charge is -2.11. The molecule has 3 aromatic carbocycles. The Morgan fingerprint density at radius 3 is 2.38 bits per heavy atom. The number of pyridine rings is 1. The molecule has 0 saturated carbocycles. The quantitative estimate of drug-likeness (QED) is 0.300. The van der Waals surface area contributed by atoms with Gasteiger partial charge in [-0.05, 0) is 35.4 Å². The van der Waals surface area contributed by atoms with Gasteiger partial charge in [-0.25, -0.2) is 4.98 Å². The molecular weight excluding hydrogens is 392 g/mol. The van der Waals surface area contributed by atoms with Crippen LogP contribution < -0.4 is 0 Å². The van der Waals surface area contributed by atoms with Crippen molar-refractivity contribution in [3.63, 3.8) is 0 Å². The van der Waals surface area contributed by atoms with E-state index < -0.39 is 0 Å². The Kier molecular flexibility index (Phi) is 4.22. The fourth-order valence-electron chi connectivity index (χ4n) is 2.98. The number of aromatic nitrogens is 1. The Bertz CT molecular complexity index is 1130. The molecule has 0 aliphatic rings. The van der Waals surface area contributed by atoms with Crippen LogP contribution in [0.5, 0.6) is 0 Å². The summed E-state index contributed by atoms with van der Waals surface area (Å²) in [5.41, 5.74) is 4.45. The maximum absolute atomic E-state index is 11.1. The minimum absolute atomic E-state index is 0.0569. The molecule has 4 nitrogen and oxygen atoms in total. The van der Waals surface area contributed by atoms with E-state index in [-0.39, 0.29) is 10.6 Å². The van der Waals surface area contributed by atoms with Crippen LogP contribution in [0.15, 0.2) is 83.3 Å². The zero-order valence-corrected chi connectivity index (χ0v) is 15.2. The number of benzene rings is 3. The average Bonchev–Trinajstić information content (AvgIpc) is 2.68. The second kappa shape index (κ2) is 6.69. The van der Waals surface area contributed by atoms with Crippen molar-refractivity contribution in [2.24, 2.45) is 0 Å². The lowest BCUT2D eigenvalue weighted by Crippen LogP contribution is -1.92. The fourth-order valence-corrected chi connectivity index (χ4v) is 3.34. The van der Waals surface area contributed by atoms with Gasteiger partial charge in [0.25, 0.3) is 5.69 Å². The van der Waals surface area contributed by atoms with Gasteiger partial charge in [0.05, 0.1) is 16.1 Å². The van der Waals surface area contributed by atoms with E-state index in [1.165, 1.54) is 6.07 Å². The number of non-ortho nitro benzene ring substituents is 1. The van der Waals surface area contributed by atoms with E-state index in [9.17, 15) is 10.1 Å². The summed E-state index contributed by atoms with van der Waals surface area (Å²) in [6, 6.07) is 24.6. The third-order valence-electron chi connectivity index (χ3n) is 4.21. The van der Waals surface area contributed by atoms with Crippen molar-refractivity contribution < 1.29 is 4.92 Å². The first kappa shape index (κ1) is 16.4. The maximum Gasteiger partial charge on any atom is 0.270 e. The average molecular weight is 405 g/mol. The predicted octanol–water partition coefficient (Wildman–Crippen LogP) is 6.24. The Labute approximate surface area is 158 Å². The third-order valence-corrected chi connectivity index (χ3v) is 4.70. The highest BCUT2D eigenvalue weighted by Gasteiger charge is 2.12. The second-order valence-corrected chi connectivity index (χ2v) is 6.81. The Morgan fingerprint density at radius 2 is 1.62 bits per heavy atom. The normalized spacial score (nSPS) is 10.8. The number of hydrogen-bond acceptors (Lipinski definition) is 3. The molecule has 126 valence electrons. The summed E-state index contributed by atoms with van der Waals surface area (Å²) in [7, 11) is 0. The van der Waals surface area contributed by atoms with Crippen LogP contribution in [0.2, 0.25) is 0 Å². The highest BCUT2D eigenvalue weighted by atomic mass is 79.9. The summed E-state index contributed by atoms with van der Waals surface area (Å²) in [5, 5.41) is 12.1. The third kappa shape index (κ3) is 3.09. The molecule has 26 heavy (non-hydrogen) atoms. The molecule has 4 rings (SSSR count). The first-order chi connectivity index (χ1) is 12.6. The summed E-state index contributed by atoms with van der Waals surface area (Å²) < 4.78 is 0.979. The van der Waals surface area contributed by atoms with E-state index in [1.54, 1.807) is 12.1 Å². The number of halogens is 1. The van der Waals surface area contributed by atoms with Crippen molar-refractivity contribution in [2.75, 3.05) is 0 Å². The molecule has 0 N–H and O–H groups in total. The zero-order chi connectivity index (χ0) is 18.1. The summed E-state index contributed by atoms with van der Waals surface area (Å²) in [6.45, 7) is 0. The highest BCUT2D eigenvalue weighted by molar-refractivity contribution is 9.10. The molecular formula is C21H13BrN2O2. The molecule has 0 aliphatic carbocycles. The van der Waals surface area contributed by atoms with Crippen LogP contribution in [0.1, 0.15) is 0 Å². The first-order valence-corrected chi connectivity index (χ1v) is 8.82. The molecule has 0 unspecified atom stereocenters. The van der Waals surface area contributed by atoms with Crippen molar-refractivity contribution in [2.45, 2.75) is 0 Å². The number of fused-ring (bicyclic) bond motifs is 1. The van der Waals surface area contributed by atoms with E-state index in [0.29, 0.717) is 5.69 Å². The number of rotatable bonds is 3. The highest BCUT2D eigenvalue weighted by Crippen LogP contribution is 2.34. The number of nitrogens with zero attached hydrogens (tertiary/aromatic N) is 2. The lowest BCUT2D eigenvalue weighted by molar-refractivity contribution is -0.384. The van der Waals surface area contributed by atoms with Gasteiger partial charge in [0.1, 0.15) is 0 Å². The molecule has 0 fully saturated rings. The minimum atomic E-state index is -0.389. The van der Waals surface area contributed by atoms with E-state index in [4.69, 9.17) is 4.98 Å². The molecule has 0 aliphatic heterocycles. The lowest BCUT2D eigenvalue weighted by atomic mass is 9.98. The topological polar surface area (TPSA) is 56.0 Å². The Morgan fingerprint density at radius 1 is 0.846 bits per heavy atom. The van der Waals surface area contributed by atoms with Crippen LogP contribution in [-0.2, 0) is 0 Å². The van der Waals surface area contributed by atoms with Crippen LogP contribution in [-0.4, -0.2) is 9.91 Å². The van der Waals surface area contributed by atoms with E-state index >= 15 is 0 Å². The van der Waals surface area contributed by atoms with Gasteiger partial charge in [-0.15, -0.1) is 0 Å². The molecule has 0 bridgehead atoms. The van der Waals surface area contributed by atoms with Gasteiger partial charge in [-0.3, -0.25) is 10.1 Å². The van der Waals surface area contributed by atoms with Crippen LogP contribution in [0.3, 0.4) is 0 Å². The molecule has 0 spiro atoms. The molecule has 0 saturated heterocycles. The summed E-state index contributed by atoms with van der Waals surface area (Å²) in [6.07, 6.45) is 0. The minimum Gasteiger partial charge on any atom is -0.258 e. The SMILES string of the molecule is O=[N+]([O-])c1cccc(-c2cc(-c3ccccc3)c3cc(Br)ccc3n2)c1. The first-order valence-electron chi connectivity index (χ1n) is 8.02. The Hall–Kier alpha value is -3.05. The zero-order valence-electron chi connectivity index (χ0n) is 13.6. The molecule has 0 radical (unpaired) electrons. The smallest absolute Gasteiger partial charge is 0.258 e. The fraction of sp³-hybridized carbons (Fsp3) is 0. The van der Waals surface area contributed by atoms with E-state index in [2.05, 4.69) is 15.9 Å². The predicted molar refractivity (Wildman–Crippen MR) is 107 cm³/mol. The molecule has 0 amide bonds. The number of hydrogen-bond donors (Lipinski definition) is 0. The Balaban J connectivity index is 1.99. The van der Waals surface area contributed by atoms with Crippen molar-refractivity contribution in [1.82, 2.24) is 4.98 Å². The van der Waals surface area contributed by atoms with Gasteiger partial charge in [-0.1, -0.05) is 58.4 Å². The van der Waals surface area contributed by atoms with Crippen LogP contribution in [0.4, 0.5) is 5.69 Å². The summed E-state index contributed by atoms with van der Waals surface area (Å²) in [5.74, 6) is 0. The molecule has 5 heteroatoms. The van der Waals surface area contributed by atoms with E-state index in [1.807, 2.05) is 60.7 Å². The number of nitro benzene ring substituents is 1. The van der Waals surface area contributed by atoms with Crippen LogP contribution in [0, 0.1) is 10.1 Å². The molecule has 1 aromatic heterocycles. The van der Waals surface area contributed by atoms with Crippen molar-refractivity contribution in [3.8, 4) is 22.4 Å².